The number of aliphatic hydroxyl groups is 2. The third kappa shape index (κ3) is 5.39. The van der Waals surface area contributed by atoms with Gasteiger partial charge in [0.15, 0.2) is 6.29 Å². The van der Waals surface area contributed by atoms with Gasteiger partial charge in [-0.3, -0.25) is 4.79 Å². The fourth-order valence-electron chi connectivity index (χ4n) is 3.03. The summed E-state index contributed by atoms with van der Waals surface area (Å²) in [6.45, 7) is 0. The molecule has 0 radical (unpaired) electrons. The van der Waals surface area contributed by atoms with Crippen molar-refractivity contribution in [3.63, 3.8) is 0 Å². The zero-order chi connectivity index (χ0) is 15.8. The third-order valence-corrected chi connectivity index (χ3v) is 4.05. The van der Waals surface area contributed by atoms with Crippen LogP contribution in [-0.2, 0) is 14.3 Å². The van der Waals surface area contributed by atoms with E-state index in [4.69, 9.17) is 14.6 Å². The van der Waals surface area contributed by atoms with E-state index < -0.39 is 24.5 Å². The Kier molecular flexibility index (Phi) is 7.88. The highest BCUT2D eigenvalue weighted by Crippen LogP contribution is 2.39. The molecule has 6 heteroatoms. The fraction of sp³-hybridized carbons (Fsp3) is 0.800. The van der Waals surface area contributed by atoms with Gasteiger partial charge in [0, 0.05) is 26.6 Å². The number of carbonyl (C=O) groups is 1. The van der Waals surface area contributed by atoms with Crippen molar-refractivity contribution in [2.24, 2.45) is 11.8 Å². The average molecular weight is 302 g/mol. The van der Waals surface area contributed by atoms with Gasteiger partial charge in [-0.15, -0.1) is 0 Å². The van der Waals surface area contributed by atoms with Crippen LogP contribution in [0.25, 0.3) is 0 Å². The van der Waals surface area contributed by atoms with Crippen LogP contribution in [0.15, 0.2) is 12.2 Å². The van der Waals surface area contributed by atoms with Crippen LogP contribution in [0, 0.1) is 11.8 Å². The van der Waals surface area contributed by atoms with Gasteiger partial charge in [0.05, 0.1) is 12.2 Å². The summed E-state index contributed by atoms with van der Waals surface area (Å²) < 4.78 is 10.5. The summed E-state index contributed by atoms with van der Waals surface area (Å²) >= 11 is 0. The maximum absolute atomic E-state index is 10.4. The van der Waals surface area contributed by atoms with Gasteiger partial charge in [-0.1, -0.05) is 12.2 Å². The Morgan fingerprint density at radius 1 is 1.19 bits per heavy atom. The number of hydrogen-bond donors (Lipinski definition) is 3. The Bertz CT molecular complexity index is 339. The number of rotatable bonds is 9. The number of carboxylic acid groups (broad SMARTS) is 1. The van der Waals surface area contributed by atoms with Gasteiger partial charge >= 0.3 is 5.97 Å². The maximum atomic E-state index is 10.4. The molecule has 1 aliphatic carbocycles. The van der Waals surface area contributed by atoms with E-state index in [1.165, 1.54) is 14.2 Å². The van der Waals surface area contributed by atoms with Crippen molar-refractivity contribution in [2.45, 2.75) is 50.6 Å². The van der Waals surface area contributed by atoms with Crippen molar-refractivity contribution in [1.82, 2.24) is 0 Å². The lowest BCUT2D eigenvalue weighted by Crippen LogP contribution is -2.36. The van der Waals surface area contributed by atoms with E-state index in [0.29, 0.717) is 19.3 Å². The molecule has 0 aromatic rings. The van der Waals surface area contributed by atoms with Crippen LogP contribution in [0.2, 0.25) is 0 Å². The lowest BCUT2D eigenvalue weighted by Gasteiger charge is -2.29. The standard InChI is InChI=1S/C15H26O6/c1-20-15(21-2)14-10(11(16)9-12(14)17)7-5-3-4-6-8-13(18)19/h3-4,10-12,14-17H,5-9H2,1-2H3,(H,18,19)/b4-3-. The molecule has 0 heterocycles. The molecule has 0 aliphatic heterocycles. The minimum Gasteiger partial charge on any atom is -0.481 e. The molecule has 1 fully saturated rings. The summed E-state index contributed by atoms with van der Waals surface area (Å²) in [6.07, 6.45) is 4.43. The average Bonchev–Trinajstić information content (AvgIpc) is 2.70. The summed E-state index contributed by atoms with van der Waals surface area (Å²) in [5.41, 5.74) is 0. The molecule has 6 nitrogen and oxygen atoms in total. The number of aliphatic hydroxyl groups excluding tert-OH is 2. The summed E-state index contributed by atoms with van der Waals surface area (Å²) in [6, 6.07) is 0. The van der Waals surface area contributed by atoms with Gasteiger partial charge < -0.3 is 24.8 Å². The lowest BCUT2D eigenvalue weighted by molar-refractivity contribution is -0.166. The van der Waals surface area contributed by atoms with E-state index in [1.54, 1.807) is 0 Å². The molecule has 4 atom stereocenters. The molecule has 1 saturated carbocycles. The van der Waals surface area contributed by atoms with Crippen molar-refractivity contribution in [2.75, 3.05) is 14.2 Å². The Morgan fingerprint density at radius 2 is 1.81 bits per heavy atom. The number of hydrogen-bond acceptors (Lipinski definition) is 5. The summed E-state index contributed by atoms with van der Waals surface area (Å²) in [5.74, 6) is -1.14. The quantitative estimate of drug-likeness (QED) is 0.437. The van der Waals surface area contributed by atoms with E-state index in [1.807, 2.05) is 12.2 Å². The largest absolute Gasteiger partial charge is 0.481 e. The van der Waals surface area contributed by atoms with Crippen LogP contribution in [0.4, 0.5) is 0 Å². The predicted octanol–water partition coefficient (Wildman–Crippen LogP) is 1.16. The Balaban J connectivity index is 2.48. The first-order valence-electron chi connectivity index (χ1n) is 7.29. The SMILES string of the molecule is COC(OC)C1C(O)CC(O)C1CC/C=C\CCC(=O)O. The van der Waals surface area contributed by atoms with Crippen LogP contribution < -0.4 is 0 Å². The van der Waals surface area contributed by atoms with Gasteiger partial charge in [0.2, 0.25) is 0 Å². The molecule has 122 valence electrons. The molecule has 21 heavy (non-hydrogen) atoms. The minimum atomic E-state index is -0.808. The second-order valence-electron chi connectivity index (χ2n) is 5.43. The maximum Gasteiger partial charge on any atom is 0.303 e. The van der Waals surface area contributed by atoms with Crippen molar-refractivity contribution < 1.29 is 29.6 Å². The van der Waals surface area contributed by atoms with E-state index >= 15 is 0 Å². The summed E-state index contributed by atoms with van der Waals surface area (Å²) in [7, 11) is 3.04. The second-order valence-corrected chi connectivity index (χ2v) is 5.43. The van der Waals surface area contributed by atoms with Crippen LogP contribution in [-0.4, -0.2) is 54.0 Å². The first-order chi connectivity index (χ1) is 10.0. The van der Waals surface area contributed by atoms with E-state index in [0.717, 1.165) is 6.42 Å². The number of ether oxygens (including phenoxy) is 2. The normalized spacial score (nSPS) is 29.6. The van der Waals surface area contributed by atoms with Crippen LogP contribution in [0.3, 0.4) is 0 Å². The smallest absolute Gasteiger partial charge is 0.303 e. The molecule has 0 bridgehead atoms. The number of methoxy groups -OCH3 is 2. The molecule has 0 aromatic heterocycles. The van der Waals surface area contributed by atoms with Crippen molar-refractivity contribution >= 4 is 5.97 Å². The molecule has 1 aliphatic rings. The molecule has 0 saturated heterocycles. The summed E-state index contributed by atoms with van der Waals surface area (Å²) in [5, 5.41) is 28.7. The molecular formula is C15H26O6. The molecular weight excluding hydrogens is 276 g/mol. The van der Waals surface area contributed by atoms with Gasteiger partial charge in [-0.05, 0) is 31.6 Å². The Morgan fingerprint density at radius 3 is 2.38 bits per heavy atom. The summed E-state index contributed by atoms with van der Waals surface area (Å²) in [4.78, 5) is 10.4. The van der Waals surface area contributed by atoms with Crippen LogP contribution in [0.1, 0.15) is 32.1 Å². The van der Waals surface area contributed by atoms with Crippen molar-refractivity contribution in [1.29, 1.82) is 0 Å². The molecule has 0 aromatic carbocycles. The van der Waals surface area contributed by atoms with Crippen LogP contribution >= 0.6 is 0 Å². The highest BCUT2D eigenvalue weighted by molar-refractivity contribution is 5.66. The van der Waals surface area contributed by atoms with Gasteiger partial charge in [0.1, 0.15) is 0 Å². The topological polar surface area (TPSA) is 96.2 Å². The van der Waals surface area contributed by atoms with E-state index in [2.05, 4.69) is 0 Å². The van der Waals surface area contributed by atoms with E-state index in [-0.39, 0.29) is 18.3 Å². The minimum absolute atomic E-state index is 0.0889. The number of carboxylic acids is 1. The molecule has 0 spiro atoms. The molecule has 0 amide bonds. The molecule has 1 rings (SSSR count). The fourth-order valence-corrected chi connectivity index (χ4v) is 3.03. The number of allylic oxidation sites excluding steroid dienone is 2. The third-order valence-electron chi connectivity index (χ3n) is 4.05. The lowest BCUT2D eigenvalue weighted by atomic mass is 9.88. The number of aliphatic carboxylic acids is 1. The van der Waals surface area contributed by atoms with Crippen molar-refractivity contribution in [3.05, 3.63) is 12.2 Å². The zero-order valence-electron chi connectivity index (χ0n) is 12.6. The van der Waals surface area contributed by atoms with Gasteiger partial charge in [-0.2, -0.15) is 0 Å². The van der Waals surface area contributed by atoms with Gasteiger partial charge in [0.25, 0.3) is 0 Å². The van der Waals surface area contributed by atoms with Crippen LogP contribution in [0.5, 0.6) is 0 Å². The van der Waals surface area contributed by atoms with Crippen molar-refractivity contribution in [3.8, 4) is 0 Å². The highest BCUT2D eigenvalue weighted by atomic mass is 16.7. The second kappa shape index (κ2) is 9.15. The van der Waals surface area contributed by atoms with Gasteiger partial charge in [-0.25, -0.2) is 0 Å². The highest BCUT2D eigenvalue weighted by Gasteiger charge is 2.45. The first kappa shape index (κ1) is 18.1. The monoisotopic (exact) mass is 302 g/mol. The first-order valence-corrected chi connectivity index (χ1v) is 7.29. The zero-order valence-corrected chi connectivity index (χ0v) is 12.6. The molecule has 3 N–H and O–H groups in total. The molecule has 4 unspecified atom stereocenters. The Labute approximate surface area is 125 Å². The van der Waals surface area contributed by atoms with E-state index in [9.17, 15) is 15.0 Å². The predicted molar refractivity (Wildman–Crippen MR) is 76.7 cm³/mol. The Hall–Kier alpha value is -0.950.